The number of hydrogen-bond acceptors (Lipinski definition) is 6. The van der Waals surface area contributed by atoms with E-state index in [-0.39, 0.29) is 11.8 Å². The molecular weight excluding hydrogens is 358 g/mol. The Morgan fingerprint density at radius 3 is 2.18 bits per heavy atom. The smallest absolute Gasteiger partial charge is 0.239 e. The van der Waals surface area contributed by atoms with Gasteiger partial charge in [-0.05, 0) is 38.0 Å². The van der Waals surface area contributed by atoms with Gasteiger partial charge in [-0.1, -0.05) is 17.3 Å². The van der Waals surface area contributed by atoms with E-state index in [9.17, 15) is 9.59 Å². The monoisotopic (exact) mass is 385 g/mol. The molecule has 1 saturated heterocycles. The lowest BCUT2D eigenvalue weighted by atomic mass is 10.1. The average molecular weight is 385 g/mol. The van der Waals surface area contributed by atoms with Crippen LogP contribution in [0.5, 0.6) is 0 Å². The van der Waals surface area contributed by atoms with Crippen LogP contribution in [0.2, 0.25) is 0 Å². The van der Waals surface area contributed by atoms with E-state index in [4.69, 9.17) is 4.52 Å². The molecule has 1 aliphatic rings. The lowest BCUT2D eigenvalue weighted by Gasteiger charge is -2.33. The van der Waals surface area contributed by atoms with E-state index in [2.05, 4.69) is 25.6 Å². The van der Waals surface area contributed by atoms with Gasteiger partial charge in [-0.3, -0.25) is 19.4 Å². The Kier molecular flexibility index (Phi) is 6.43. The number of amides is 2. The Hall–Kier alpha value is -2.71. The highest BCUT2D eigenvalue weighted by molar-refractivity contribution is 5.93. The Balaban J connectivity index is 1.40. The topological polar surface area (TPSA) is 90.7 Å². The molecule has 1 aromatic heterocycles. The van der Waals surface area contributed by atoms with Crippen molar-refractivity contribution in [3.63, 3.8) is 0 Å². The Morgan fingerprint density at radius 1 is 1.00 bits per heavy atom. The summed E-state index contributed by atoms with van der Waals surface area (Å²) in [5.41, 5.74) is 3.11. The van der Waals surface area contributed by atoms with E-state index in [0.717, 1.165) is 43.0 Å². The number of carbonyl (C=O) groups excluding carboxylic acids is 2. The molecule has 3 rings (SSSR count). The molecule has 0 unspecified atom stereocenters. The molecule has 8 heteroatoms. The number of aromatic nitrogens is 1. The number of nitrogens with one attached hydrogen (secondary N) is 2. The fourth-order valence-electron chi connectivity index (χ4n) is 3.20. The third-order valence-corrected chi connectivity index (χ3v) is 4.97. The van der Waals surface area contributed by atoms with Gasteiger partial charge in [0, 0.05) is 37.9 Å². The highest BCUT2D eigenvalue weighted by Crippen LogP contribution is 2.18. The molecule has 0 radical (unpaired) electrons. The maximum Gasteiger partial charge on any atom is 0.239 e. The molecule has 2 aromatic rings. The first-order valence-corrected chi connectivity index (χ1v) is 9.44. The van der Waals surface area contributed by atoms with E-state index in [1.807, 2.05) is 32.0 Å². The summed E-state index contributed by atoms with van der Waals surface area (Å²) in [5.74, 6) is 0.961. The fourth-order valence-corrected chi connectivity index (χ4v) is 3.20. The molecule has 1 fully saturated rings. The predicted octanol–water partition coefficient (Wildman–Crippen LogP) is 1.79. The van der Waals surface area contributed by atoms with Crippen LogP contribution in [0.1, 0.15) is 16.9 Å². The minimum absolute atomic E-state index is 0.0127. The SMILES string of the molecule is Cc1cc(NC(=O)CN2CCN(CC(=O)Nc3cccc(C)c3C)CC2)no1. The van der Waals surface area contributed by atoms with Gasteiger partial charge in [0.1, 0.15) is 5.76 Å². The second kappa shape index (κ2) is 8.99. The van der Waals surface area contributed by atoms with Crippen LogP contribution >= 0.6 is 0 Å². The number of benzene rings is 1. The molecule has 1 aliphatic heterocycles. The molecule has 0 atom stereocenters. The maximum absolute atomic E-state index is 12.4. The molecule has 0 bridgehead atoms. The molecule has 2 amide bonds. The Bertz CT molecular complexity index is 840. The van der Waals surface area contributed by atoms with Crippen molar-refractivity contribution in [2.45, 2.75) is 20.8 Å². The largest absolute Gasteiger partial charge is 0.360 e. The zero-order valence-electron chi connectivity index (χ0n) is 16.6. The molecule has 150 valence electrons. The van der Waals surface area contributed by atoms with Gasteiger partial charge in [0.2, 0.25) is 11.8 Å². The van der Waals surface area contributed by atoms with E-state index in [1.54, 1.807) is 13.0 Å². The molecule has 0 spiro atoms. The van der Waals surface area contributed by atoms with Gasteiger partial charge in [0.25, 0.3) is 0 Å². The van der Waals surface area contributed by atoms with Crippen molar-refractivity contribution in [1.82, 2.24) is 15.0 Å². The number of rotatable bonds is 6. The lowest BCUT2D eigenvalue weighted by Crippen LogP contribution is -2.50. The summed E-state index contributed by atoms with van der Waals surface area (Å²) in [4.78, 5) is 28.6. The number of hydrogen-bond donors (Lipinski definition) is 2. The fraction of sp³-hybridized carbons (Fsp3) is 0.450. The van der Waals surface area contributed by atoms with Crippen molar-refractivity contribution in [1.29, 1.82) is 0 Å². The zero-order chi connectivity index (χ0) is 20.1. The molecule has 2 N–H and O–H groups in total. The van der Waals surface area contributed by atoms with Crippen molar-refractivity contribution in [3.05, 3.63) is 41.2 Å². The second-order valence-electron chi connectivity index (χ2n) is 7.22. The van der Waals surface area contributed by atoms with Gasteiger partial charge in [-0.15, -0.1) is 0 Å². The first-order valence-electron chi connectivity index (χ1n) is 9.44. The number of carbonyl (C=O) groups is 2. The van der Waals surface area contributed by atoms with Crippen LogP contribution in [0.3, 0.4) is 0 Å². The van der Waals surface area contributed by atoms with Gasteiger partial charge < -0.3 is 15.2 Å². The van der Waals surface area contributed by atoms with Gasteiger partial charge in [0.05, 0.1) is 13.1 Å². The van der Waals surface area contributed by atoms with Crippen molar-refractivity contribution < 1.29 is 14.1 Å². The van der Waals surface area contributed by atoms with Crippen molar-refractivity contribution in [2.24, 2.45) is 0 Å². The normalized spacial score (nSPS) is 15.4. The summed E-state index contributed by atoms with van der Waals surface area (Å²) < 4.78 is 4.94. The zero-order valence-corrected chi connectivity index (χ0v) is 16.6. The number of aryl methyl sites for hydroxylation is 2. The molecule has 8 nitrogen and oxygen atoms in total. The quantitative estimate of drug-likeness (QED) is 0.788. The number of piperazine rings is 1. The molecule has 0 aliphatic carbocycles. The van der Waals surface area contributed by atoms with Crippen LogP contribution in [0.4, 0.5) is 11.5 Å². The van der Waals surface area contributed by atoms with Crippen molar-refractivity contribution in [3.8, 4) is 0 Å². The van der Waals surface area contributed by atoms with Gasteiger partial charge in [-0.2, -0.15) is 0 Å². The third kappa shape index (κ3) is 5.40. The standard InChI is InChI=1S/C20H27N5O3/c1-14-5-4-6-17(16(14)3)21-19(26)12-24-7-9-25(10-8-24)13-20(27)22-18-11-15(2)28-23-18/h4-6,11H,7-10,12-13H2,1-3H3,(H,21,26)(H,22,23,27). The van der Waals surface area contributed by atoms with Crippen LogP contribution < -0.4 is 10.6 Å². The Morgan fingerprint density at radius 2 is 1.61 bits per heavy atom. The van der Waals surface area contributed by atoms with E-state index in [0.29, 0.717) is 24.7 Å². The van der Waals surface area contributed by atoms with Crippen LogP contribution in [0, 0.1) is 20.8 Å². The summed E-state index contributed by atoms with van der Waals surface area (Å²) in [7, 11) is 0. The van der Waals surface area contributed by atoms with Crippen molar-refractivity contribution in [2.75, 3.05) is 49.9 Å². The second-order valence-corrected chi connectivity index (χ2v) is 7.22. The van der Waals surface area contributed by atoms with Crippen LogP contribution in [0.15, 0.2) is 28.8 Å². The Labute approximate surface area is 164 Å². The summed E-state index contributed by atoms with van der Waals surface area (Å²) in [6.07, 6.45) is 0. The van der Waals surface area contributed by atoms with Crippen molar-refractivity contribution >= 4 is 23.3 Å². The number of nitrogens with zero attached hydrogens (tertiary/aromatic N) is 3. The van der Waals surface area contributed by atoms with Gasteiger partial charge in [-0.25, -0.2) is 0 Å². The summed E-state index contributed by atoms with van der Waals surface area (Å²) in [6.45, 7) is 9.44. The lowest BCUT2D eigenvalue weighted by molar-refractivity contribution is -0.120. The first kappa shape index (κ1) is 20.0. The van der Waals surface area contributed by atoms with Crippen LogP contribution in [-0.4, -0.2) is 66.0 Å². The van der Waals surface area contributed by atoms with E-state index in [1.165, 1.54) is 0 Å². The number of anilines is 2. The van der Waals surface area contributed by atoms with Gasteiger partial charge in [0.15, 0.2) is 5.82 Å². The summed E-state index contributed by atoms with van der Waals surface area (Å²) in [6, 6.07) is 7.59. The molecule has 2 heterocycles. The maximum atomic E-state index is 12.4. The summed E-state index contributed by atoms with van der Waals surface area (Å²) >= 11 is 0. The first-order chi connectivity index (χ1) is 13.4. The minimum Gasteiger partial charge on any atom is -0.360 e. The predicted molar refractivity (Wildman–Crippen MR) is 107 cm³/mol. The van der Waals surface area contributed by atoms with Crippen LogP contribution in [0.25, 0.3) is 0 Å². The van der Waals surface area contributed by atoms with E-state index >= 15 is 0 Å². The molecule has 1 aromatic carbocycles. The molecule has 28 heavy (non-hydrogen) atoms. The highest BCUT2D eigenvalue weighted by Gasteiger charge is 2.21. The molecular formula is C20H27N5O3. The minimum atomic E-state index is -0.116. The van der Waals surface area contributed by atoms with Gasteiger partial charge >= 0.3 is 0 Å². The van der Waals surface area contributed by atoms with Crippen LogP contribution in [-0.2, 0) is 9.59 Å². The molecule has 0 saturated carbocycles. The third-order valence-electron chi connectivity index (χ3n) is 4.97. The average Bonchev–Trinajstić information content (AvgIpc) is 3.05. The highest BCUT2D eigenvalue weighted by atomic mass is 16.5. The van der Waals surface area contributed by atoms with E-state index < -0.39 is 0 Å². The summed E-state index contributed by atoms with van der Waals surface area (Å²) in [5, 5.41) is 9.49.